The van der Waals surface area contributed by atoms with Crippen LogP contribution in [-0.2, 0) is 27.2 Å². The molecule has 3 atom stereocenters. The van der Waals surface area contributed by atoms with Crippen molar-refractivity contribution in [1.82, 2.24) is 4.90 Å². The summed E-state index contributed by atoms with van der Waals surface area (Å²) in [4.78, 5) is 13.3. The summed E-state index contributed by atoms with van der Waals surface area (Å²) in [5, 5.41) is -0.593. The van der Waals surface area contributed by atoms with Gasteiger partial charge in [0.05, 0.1) is 12.6 Å². The van der Waals surface area contributed by atoms with Crippen LogP contribution in [0.5, 0.6) is 0 Å². The highest BCUT2D eigenvalue weighted by atomic mass is 32.2. The topological polar surface area (TPSA) is 76.1 Å². The summed E-state index contributed by atoms with van der Waals surface area (Å²) in [6.45, 7) is 0.608. The molecule has 6 nitrogen and oxygen atoms in total. The van der Waals surface area contributed by atoms with Gasteiger partial charge in [-0.05, 0) is 5.56 Å². The Balaban J connectivity index is 1.89. The van der Waals surface area contributed by atoms with Crippen molar-refractivity contribution in [3.05, 3.63) is 35.9 Å². The highest BCUT2D eigenvalue weighted by Crippen LogP contribution is 2.18. The van der Waals surface area contributed by atoms with Crippen LogP contribution < -0.4 is 0 Å². The van der Waals surface area contributed by atoms with Crippen LogP contribution in [0.2, 0.25) is 0 Å². The zero-order valence-corrected chi connectivity index (χ0v) is 11.9. The summed E-state index contributed by atoms with van der Waals surface area (Å²) in [5.41, 5.74) is 0.894. The minimum atomic E-state index is -2.02. The highest BCUT2D eigenvalue weighted by molar-refractivity contribution is 7.80. The van der Waals surface area contributed by atoms with Crippen molar-refractivity contribution in [2.24, 2.45) is 0 Å². The summed E-state index contributed by atoms with van der Waals surface area (Å²) in [5.74, 6) is 0. The second kappa shape index (κ2) is 6.83. The van der Waals surface area contributed by atoms with Crippen molar-refractivity contribution in [3.63, 3.8) is 0 Å². The molecule has 1 saturated heterocycles. The maximum Gasteiger partial charge on any atom is 0.410 e. The van der Waals surface area contributed by atoms with Gasteiger partial charge in [0, 0.05) is 13.7 Å². The van der Waals surface area contributed by atoms with Gasteiger partial charge in [-0.1, -0.05) is 30.3 Å². The summed E-state index contributed by atoms with van der Waals surface area (Å²) in [6.07, 6.45) is -0.936. The van der Waals surface area contributed by atoms with Crippen molar-refractivity contribution in [2.75, 3.05) is 20.2 Å². The molecular formula is C13H17NO5S. The molecule has 110 valence electrons. The Hall–Kier alpha value is -1.44. The fourth-order valence-electron chi connectivity index (χ4n) is 2.12. The predicted molar refractivity (Wildman–Crippen MR) is 73.6 cm³/mol. The van der Waals surface area contributed by atoms with Crippen molar-refractivity contribution in [1.29, 1.82) is 0 Å². The van der Waals surface area contributed by atoms with Gasteiger partial charge in [-0.2, -0.15) is 0 Å². The first-order valence-electron chi connectivity index (χ1n) is 6.20. The molecule has 1 amide bonds. The number of amides is 1. The number of ether oxygens (including phenoxy) is 2. The van der Waals surface area contributed by atoms with Gasteiger partial charge in [0.25, 0.3) is 0 Å². The molecule has 1 heterocycles. The monoisotopic (exact) mass is 299 g/mol. The summed E-state index contributed by atoms with van der Waals surface area (Å²) >= 11 is -2.02. The van der Waals surface area contributed by atoms with Crippen molar-refractivity contribution in [3.8, 4) is 0 Å². The van der Waals surface area contributed by atoms with Gasteiger partial charge in [0.15, 0.2) is 11.1 Å². The Morgan fingerprint density at radius 2 is 2.10 bits per heavy atom. The number of carbonyl (C=O) groups is 1. The lowest BCUT2D eigenvalue weighted by atomic mass is 10.2. The zero-order valence-electron chi connectivity index (χ0n) is 11.1. The van der Waals surface area contributed by atoms with E-state index in [4.69, 9.17) is 9.47 Å². The number of likely N-dealkylation sites (tertiary alicyclic amines) is 1. The number of rotatable bonds is 4. The molecule has 0 saturated carbocycles. The molecule has 3 unspecified atom stereocenters. The third-order valence-corrected chi connectivity index (χ3v) is 4.21. The first kappa shape index (κ1) is 15.0. The van der Waals surface area contributed by atoms with Crippen molar-refractivity contribution >= 4 is 17.2 Å². The molecule has 2 rings (SSSR count). The Morgan fingerprint density at radius 3 is 2.65 bits per heavy atom. The average Bonchev–Trinajstić information content (AvgIpc) is 2.90. The molecule has 7 heteroatoms. The average molecular weight is 299 g/mol. The van der Waals surface area contributed by atoms with E-state index in [1.54, 1.807) is 0 Å². The van der Waals surface area contributed by atoms with E-state index in [2.05, 4.69) is 0 Å². The Kier molecular flexibility index (Phi) is 5.11. The molecule has 1 fully saturated rings. The molecular weight excluding hydrogens is 282 g/mol. The molecule has 20 heavy (non-hydrogen) atoms. The largest absolute Gasteiger partial charge is 0.445 e. The summed E-state index contributed by atoms with van der Waals surface area (Å²) in [7, 11) is 1.46. The Morgan fingerprint density at radius 1 is 1.40 bits per heavy atom. The quantitative estimate of drug-likeness (QED) is 0.847. The molecule has 1 aromatic carbocycles. The predicted octanol–water partition coefficient (Wildman–Crippen LogP) is 1.24. The maximum atomic E-state index is 11.9. The van der Waals surface area contributed by atoms with Gasteiger partial charge < -0.3 is 18.9 Å². The SMILES string of the molecule is COC1CN(C(=O)OCc2ccccc2)CC1S(=O)O. The summed E-state index contributed by atoms with van der Waals surface area (Å²) in [6, 6.07) is 9.34. The first-order chi connectivity index (χ1) is 9.61. The zero-order chi connectivity index (χ0) is 14.5. The van der Waals surface area contributed by atoms with Crippen LogP contribution in [0, 0.1) is 0 Å². The van der Waals surface area contributed by atoms with Crippen molar-refractivity contribution in [2.45, 2.75) is 18.0 Å². The number of carbonyl (C=O) groups excluding carboxylic acids is 1. The van der Waals surface area contributed by atoms with E-state index in [1.165, 1.54) is 12.0 Å². The number of hydrogen-bond donors (Lipinski definition) is 1. The van der Waals surface area contributed by atoms with Crippen molar-refractivity contribution < 1.29 is 23.0 Å². The minimum Gasteiger partial charge on any atom is -0.445 e. The second-order valence-corrected chi connectivity index (χ2v) is 5.69. The fraction of sp³-hybridized carbons (Fsp3) is 0.462. The Labute approximate surface area is 120 Å². The number of nitrogens with zero attached hydrogens (tertiary/aromatic N) is 1. The number of benzene rings is 1. The van der Waals surface area contributed by atoms with E-state index in [9.17, 15) is 13.6 Å². The van der Waals surface area contributed by atoms with E-state index in [-0.39, 0.29) is 19.7 Å². The first-order valence-corrected chi connectivity index (χ1v) is 7.37. The third-order valence-electron chi connectivity index (χ3n) is 3.24. The molecule has 0 aromatic heterocycles. The maximum absolute atomic E-state index is 11.9. The lowest BCUT2D eigenvalue weighted by Crippen LogP contribution is -2.31. The van der Waals surface area contributed by atoms with Crippen LogP contribution in [0.25, 0.3) is 0 Å². The number of hydrogen-bond acceptors (Lipinski definition) is 4. The van der Waals surface area contributed by atoms with E-state index in [0.717, 1.165) is 5.56 Å². The normalized spacial score (nSPS) is 23.6. The van der Waals surface area contributed by atoms with Gasteiger partial charge in [0.1, 0.15) is 11.9 Å². The standard InChI is InChI=1S/C13H17NO5S/c1-18-11-7-14(8-12(11)20(16)17)13(15)19-9-10-5-3-2-4-6-10/h2-6,11-12H,7-9H2,1H3,(H,16,17). The van der Waals surface area contributed by atoms with Crippen LogP contribution in [0.4, 0.5) is 4.79 Å². The molecule has 1 N–H and O–H groups in total. The number of methoxy groups -OCH3 is 1. The molecule has 1 aliphatic rings. The molecule has 1 aliphatic heterocycles. The lowest BCUT2D eigenvalue weighted by Gasteiger charge is -2.15. The highest BCUT2D eigenvalue weighted by Gasteiger charge is 2.39. The molecule has 0 aliphatic carbocycles. The molecule has 0 spiro atoms. The van der Waals surface area contributed by atoms with Gasteiger partial charge in [-0.3, -0.25) is 0 Å². The summed E-state index contributed by atoms with van der Waals surface area (Å²) < 4.78 is 30.7. The molecule has 0 bridgehead atoms. The van der Waals surface area contributed by atoms with E-state index >= 15 is 0 Å². The second-order valence-electron chi connectivity index (χ2n) is 4.53. The lowest BCUT2D eigenvalue weighted by molar-refractivity contribution is 0.0851. The van der Waals surface area contributed by atoms with Crippen LogP contribution in [-0.4, -0.2) is 51.3 Å². The Bertz CT molecular complexity index is 481. The van der Waals surface area contributed by atoms with Crippen LogP contribution in [0.1, 0.15) is 5.56 Å². The van der Waals surface area contributed by atoms with Gasteiger partial charge >= 0.3 is 6.09 Å². The van der Waals surface area contributed by atoms with E-state index in [1.807, 2.05) is 30.3 Å². The van der Waals surface area contributed by atoms with Gasteiger partial charge in [-0.15, -0.1) is 0 Å². The van der Waals surface area contributed by atoms with Crippen LogP contribution in [0.15, 0.2) is 30.3 Å². The van der Waals surface area contributed by atoms with E-state index in [0.29, 0.717) is 0 Å². The van der Waals surface area contributed by atoms with Gasteiger partial charge in [-0.25, -0.2) is 9.00 Å². The van der Waals surface area contributed by atoms with E-state index < -0.39 is 28.5 Å². The smallest absolute Gasteiger partial charge is 0.410 e. The van der Waals surface area contributed by atoms with Crippen LogP contribution >= 0.6 is 0 Å². The molecule has 1 aromatic rings. The van der Waals surface area contributed by atoms with Crippen LogP contribution in [0.3, 0.4) is 0 Å². The third kappa shape index (κ3) is 3.56. The molecule has 0 radical (unpaired) electrons. The minimum absolute atomic E-state index is 0.162. The van der Waals surface area contributed by atoms with Gasteiger partial charge in [0.2, 0.25) is 0 Å². The fourth-order valence-corrected chi connectivity index (χ4v) is 2.89.